The van der Waals surface area contributed by atoms with Crippen molar-refractivity contribution < 1.29 is 9.84 Å². The van der Waals surface area contributed by atoms with Crippen LogP contribution in [-0.4, -0.2) is 37.5 Å². The average molecular weight is 172 g/mol. The minimum absolute atomic E-state index is 0.126. The van der Waals surface area contributed by atoms with E-state index < -0.39 is 6.10 Å². The number of methoxy groups -OCH3 is 1. The van der Waals surface area contributed by atoms with E-state index in [-0.39, 0.29) is 6.04 Å². The highest BCUT2D eigenvalue weighted by Gasteiger charge is 2.05. The normalized spacial score (nSPS) is 15.2. The first-order valence-corrected chi connectivity index (χ1v) is 3.98. The Hall–Kier alpha value is -0.630. The van der Waals surface area contributed by atoms with Gasteiger partial charge < -0.3 is 15.2 Å². The van der Waals surface area contributed by atoms with Crippen LogP contribution < -0.4 is 5.32 Å². The molecule has 0 amide bonds. The maximum atomic E-state index is 9.20. The largest absolute Gasteiger partial charge is 0.389 e. The van der Waals surface area contributed by atoms with Gasteiger partial charge in [0, 0.05) is 19.7 Å². The lowest BCUT2D eigenvalue weighted by Crippen LogP contribution is -2.35. The van der Waals surface area contributed by atoms with Crippen LogP contribution >= 0.6 is 0 Å². The molecule has 0 saturated carbocycles. The van der Waals surface area contributed by atoms with Crippen LogP contribution in [0.4, 0.5) is 0 Å². The number of nitriles is 1. The molecular weight excluding hydrogens is 156 g/mol. The highest BCUT2D eigenvalue weighted by Crippen LogP contribution is 1.89. The zero-order valence-corrected chi connectivity index (χ0v) is 7.58. The van der Waals surface area contributed by atoms with Crippen LogP contribution in [0.3, 0.4) is 0 Å². The highest BCUT2D eigenvalue weighted by atomic mass is 16.5. The summed E-state index contributed by atoms with van der Waals surface area (Å²) in [5, 5.41) is 20.5. The molecule has 4 nitrogen and oxygen atoms in total. The number of nitrogens with one attached hydrogen (secondary N) is 1. The van der Waals surface area contributed by atoms with E-state index in [4.69, 9.17) is 10.00 Å². The van der Waals surface area contributed by atoms with Crippen LogP contribution in [0.5, 0.6) is 0 Å². The van der Waals surface area contributed by atoms with Gasteiger partial charge in [-0.25, -0.2) is 0 Å². The second kappa shape index (κ2) is 7.04. The van der Waals surface area contributed by atoms with Gasteiger partial charge in [-0.2, -0.15) is 5.26 Å². The van der Waals surface area contributed by atoms with Gasteiger partial charge in [-0.05, 0) is 6.92 Å². The van der Waals surface area contributed by atoms with Crippen molar-refractivity contribution in [3.63, 3.8) is 0 Å². The van der Waals surface area contributed by atoms with E-state index in [0.717, 1.165) is 0 Å². The number of aliphatic hydroxyl groups excluding tert-OH is 1. The SMILES string of the molecule is COCC(O)CNC(C)CC#N. The zero-order valence-electron chi connectivity index (χ0n) is 7.58. The van der Waals surface area contributed by atoms with Crippen LogP contribution in [0.1, 0.15) is 13.3 Å². The Morgan fingerprint density at radius 3 is 2.83 bits per heavy atom. The smallest absolute Gasteiger partial charge is 0.0897 e. The molecule has 0 saturated heterocycles. The monoisotopic (exact) mass is 172 g/mol. The number of hydrogen-bond acceptors (Lipinski definition) is 4. The molecule has 70 valence electrons. The van der Waals surface area contributed by atoms with E-state index in [9.17, 15) is 5.11 Å². The van der Waals surface area contributed by atoms with Gasteiger partial charge in [-0.3, -0.25) is 0 Å². The summed E-state index contributed by atoms with van der Waals surface area (Å²) in [6.45, 7) is 2.70. The summed E-state index contributed by atoms with van der Waals surface area (Å²) >= 11 is 0. The summed E-state index contributed by atoms with van der Waals surface area (Å²) in [7, 11) is 1.54. The molecule has 0 radical (unpaired) electrons. The van der Waals surface area contributed by atoms with Crippen LogP contribution in [0.15, 0.2) is 0 Å². The summed E-state index contributed by atoms with van der Waals surface area (Å²) in [6, 6.07) is 2.17. The molecule has 2 atom stereocenters. The molecular formula is C8H16N2O2. The molecule has 0 aromatic heterocycles. The number of nitrogens with zero attached hydrogens (tertiary/aromatic N) is 1. The molecule has 12 heavy (non-hydrogen) atoms. The molecule has 0 spiro atoms. The van der Waals surface area contributed by atoms with Crippen molar-refractivity contribution in [1.29, 1.82) is 5.26 Å². The van der Waals surface area contributed by atoms with E-state index in [1.54, 1.807) is 7.11 Å². The first kappa shape index (κ1) is 11.4. The Labute approximate surface area is 73.1 Å². The number of aliphatic hydroxyl groups is 1. The van der Waals surface area contributed by atoms with E-state index in [0.29, 0.717) is 19.6 Å². The summed E-state index contributed by atoms with van der Waals surface area (Å²) in [5.74, 6) is 0. The van der Waals surface area contributed by atoms with Gasteiger partial charge in [0.25, 0.3) is 0 Å². The number of rotatable bonds is 6. The van der Waals surface area contributed by atoms with Crippen molar-refractivity contribution in [3.8, 4) is 6.07 Å². The summed E-state index contributed by atoms with van der Waals surface area (Å²) in [6.07, 6.45) is -0.0316. The first-order chi connectivity index (χ1) is 5.70. The Balaban J connectivity index is 3.34. The average Bonchev–Trinajstić information content (AvgIpc) is 2.02. The molecule has 2 unspecified atom stereocenters. The van der Waals surface area contributed by atoms with Gasteiger partial charge in [0.2, 0.25) is 0 Å². The number of ether oxygens (including phenoxy) is 1. The van der Waals surface area contributed by atoms with Gasteiger partial charge in [-0.1, -0.05) is 0 Å². The zero-order chi connectivity index (χ0) is 9.40. The lowest BCUT2D eigenvalue weighted by atomic mass is 10.2. The molecule has 2 N–H and O–H groups in total. The highest BCUT2D eigenvalue weighted by molar-refractivity contribution is 4.77. The van der Waals surface area contributed by atoms with Crippen molar-refractivity contribution in [3.05, 3.63) is 0 Å². The van der Waals surface area contributed by atoms with E-state index in [1.807, 2.05) is 13.0 Å². The minimum atomic E-state index is -0.490. The lowest BCUT2D eigenvalue weighted by Gasteiger charge is -2.13. The third-order valence-electron chi connectivity index (χ3n) is 1.46. The van der Waals surface area contributed by atoms with Crippen LogP contribution in [0, 0.1) is 11.3 Å². The quantitative estimate of drug-likeness (QED) is 0.586. The van der Waals surface area contributed by atoms with Gasteiger partial charge >= 0.3 is 0 Å². The maximum absolute atomic E-state index is 9.20. The summed E-state index contributed by atoms with van der Waals surface area (Å²) in [4.78, 5) is 0. The fourth-order valence-electron chi connectivity index (χ4n) is 0.798. The van der Waals surface area contributed by atoms with Crippen LogP contribution in [-0.2, 0) is 4.74 Å². The number of hydrogen-bond donors (Lipinski definition) is 2. The maximum Gasteiger partial charge on any atom is 0.0897 e. The van der Waals surface area contributed by atoms with Gasteiger partial charge in [0.15, 0.2) is 0 Å². The molecule has 4 heteroatoms. The molecule has 0 aromatic rings. The molecule has 0 aliphatic carbocycles. The van der Waals surface area contributed by atoms with E-state index in [2.05, 4.69) is 5.32 Å². The summed E-state index contributed by atoms with van der Waals surface area (Å²) in [5.41, 5.74) is 0. The van der Waals surface area contributed by atoms with Crippen molar-refractivity contribution >= 4 is 0 Å². The van der Waals surface area contributed by atoms with Crippen molar-refractivity contribution in [2.45, 2.75) is 25.5 Å². The van der Waals surface area contributed by atoms with Gasteiger partial charge in [0.1, 0.15) is 0 Å². The Morgan fingerprint density at radius 2 is 2.33 bits per heavy atom. The van der Waals surface area contributed by atoms with Crippen molar-refractivity contribution in [1.82, 2.24) is 5.32 Å². The Morgan fingerprint density at radius 1 is 1.67 bits per heavy atom. The van der Waals surface area contributed by atoms with Crippen LogP contribution in [0.2, 0.25) is 0 Å². The molecule has 0 bridgehead atoms. The first-order valence-electron chi connectivity index (χ1n) is 3.98. The van der Waals surface area contributed by atoms with Crippen LogP contribution in [0.25, 0.3) is 0 Å². The lowest BCUT2D eigenvalue weighted by molar-refractivity contribution is 0.0631. The van der Waals surface area contributed by atoms with Crippen molar-refractivity contribution in [2.24, 2.45) is 0 Å². The predicted molar refractivity (Wildman–Crippen MR) is 45.6 cm³/mol. The fraction of sp³-hybridized carbons (Fsp3) is 0.875. The standard InChI is InChI=1S/C8H16N2O2/c1-7(3-4-9)10-5-8(11)6-12-2/h7-8,10-11H,3,5-6H2,1-2H3. The Kier molecular flexibility index (Phi) is 6.67. The molecule has 0 fully saturated rings. The Bertz CT molecular complexity index is 144. The second-order valence-electron chi connectivity index (χ2n) is 2.78. The van der Waals surface area contributed by atoms with E-state index >= 15 is 0 Å². The third kappa shape index (κ3) is 6.10. The molecule has 0 aliphatic heterocycles. The second-order valence-corrected chi connectivity index (χ2v) is 2.78. The molecule has 0 heterocycles. The fourth-order valence-corrected chi connectivity index (χ4v) is 0.798. The molecule has 0 aliphatic rings. The van der Waals surface area contributed by atoms with Gasteiger partial charge in [0.05, 0.1) is 25.2 Å². The topological polar surface area (TPSA) is 65.3 Å². The van der Waals surface area contributed by atoms with E-state index in [1.165, 1.54) is 0 Å². The molecule has 0 rings (SSSR count). The van der Waals surface area contributed by atoms with Gasteiger partial charge in [-0.15, -0.1) is 0 Å². The minimum Gasteiger partial charge on any atom is -0.389 e. The third-order valence-corrected chi connectivity index (χ3v) is 1.46. The predicted octanol–water partition coefficient (Wildman–Crippen LogP) is -0.115. The van der Waals surface area contributed by atoms with Crippen molar-refractivity contribution in [2.75, 3.05) is 20.3 Å². The summed E-state index contributed by atoms with van der Waals surface area (Å²) < 4.78 is 4.74. The molecule has 0 aromatic carbocycles.